The molecule has 1 aliphatic carbocycles. The van der Waals surface area contributed by atoms with Crippen molar-refractivity contribution in [3.63, 3.8) is 0 Å². The molecule has 1 unspecified atom stereocenters. The Morgan fingerprint density at radius 3 is 2.31 bits per heavy atom. The number of carbonyl (C=O) groups excluding carboxylic acids is 1. The minimum absolute atomic E-state index is 0.119. The fraction of sp³-hybridized carbons (Fsp3) is 0.923. The van der Waals surface area contributed by atoms with E-state index >= 15 is 0 Å². The first-order valence-electron chi connectivity index (χ1n) is 6.41. The predicted molar refractivity (Wildman–Crippen MR) is 68.6 cm³/mol. The molecule has 1 amide bonds. The lowest BCUT2D eigenvalue weighted by molar-refractivity contribution is -0.127. The van der Waals surface area contributed by atoms with Gasteiger partial charge in [0, 0.05) is 17.8 Å². The SMILES string of the molecule is CC1CCC(C(=O)NC(CCl)C(C)C)CC1. The van der Waals surface area contributed by atoms with Crippen LogP contribution in [-0.4, -0.2) is 17.8 Å². The number of nitrogens with one attached hydrogen (secondary N) is 1. The molecule has 1 saturated carbocycles. The fourth-order valence-corrected chi connectivity index (χ4v) is 2.64. The summed E-state index contributed by atoms with van der Waals surface area (Å²) >= 11 is 5.85. The average molecular weight is 246 g/mol. The van der Waals surface area contributed by atoms with Crippen LogP contribution in [0.4, 0.5) is 0 Å². The largest absolute Gasteiger partial charge is 0.352 e. The first-order chi connectivity index (χ1) is 7.54. The Kier molecular flexibility index (Phi) is 5.60. The van der Waals surface area contributed by atoms with E-state index in [4.69, 9.17) is 11.6 Å². The van der Waals surface area contributed by atoms with Crippen molar-refractivity contribution in [3.8, 4) is 0 Å². The van der Waals surface area contributed by atoms with Crippen molar-refractivity contribution in [2.75, 3.05) is 5.88 Å². The maximum Gasteiger partial charge on any atom is 0.223 e. The molecule has 1 atom stereocenters. The van der Waals surface area contributed by atoms with E-state index in [-0.39, 0.29) is 17.9 Å². The van der Waals surface area contributed by atoms with Crippen molar-refractivity contribution in [2.24, 2.45) is 17.8 Å². The third-order valence-corrected chi connectivity index (χ3v) is 4.02. The van der Waals surface area contributed by atoms with E-state index in [1.54, 1.807) is 0 Å². The lowest BCUT2D eigenvalue weighted by Crippen LogP contribution is -2.43. The molecule has 0 aromatic rings. The molecule has 0 radical (unpaired) electrons. The summed E-state index contributed by atoms with van der Waals surface area (Å²) in [6.45, 7) is 6.45. The molecule has 0 saturated heterocycles. The molecule has 16 heavy (non-hydrogen) atoms. The zero-order valence-corrected chi connectivity index (χ0v) is 11.4. The molecular formula is C13H24ClNO. The Morgan fingerprint density at radius 1 is 1.31 bits per heavy atom. The van der Waals surface area contributed by atoms with E-state index < -0.39 is 0 Å². The highest BCUT2D eigenvalue weighted by atomic mass is 35.5. The Morgan fingerprint density at radius 2 is 1.88 bits per heavy atom. The Hall–Kier alpha value is -0.240. The third kappa shape index (κ3) is 3.97. The topological polar surface area (TPSA) is 29.1 Å². The quantitative estimate of drug-likeness (QED) is 0.758. The molecule has 1 N–H and O–H groups in total. The monoisotopic (exact) mass is 245 g/mol. The molecule has 0 aliphatic heterocycles. The van der Waals surface area contributed by atoms with E-state index in [9.17, 15) is 4.79 Å². The smallest absolute Gasteiger partial charge is 0.223 e. The number of halogens is 1. The van der Waals surface area contributed by atoms with Gasteiger partial charge in [0.2, 0.25) is 5.91 Å². The Bertz CT molecular complexity index is 222. The second-order valence-corrected chi connectivity index (χ2v) is 5.78. The van der Waals surface area contributed by atoms with Gasteiger partial charge in [-0.1, -0.05) is 20.8 Å². The van der Waals surface area contributed by atoms with Gasteiger partial charge in [0.05, 0.1) is 0 Å². The van der Waals surface area contributed by atoms with Crippen molar-refractivity contribution in [1.82, 2.24) is 5.32 Å². The summed E-state index contributed by atoms with van der Waals surface area (Å²) < 4.78 is 0. The van der Waals surface area contributed by atoms with E-state index in [0.717, 1.165) is 18.8 Å². The number of carbonyl (C=O) groups is 1. The van der Waals surface area contributed by atoms with Gasteiger partial charge in [-0.3, -0.25) is 4.79 Å². The molecule has 2 nitrogen and oxygen atoms in total. The first-order valence-corrected chi connectivity index (χ1v) is 6.94. The normalized spacial score (nSPS) is 27.8. The summed E-state index contributed by atoms with van der Waals surface area (Å²) in [6, 6.07) is 0.119. The van der Waals surface area contributed by atoms with Gasteiger partial charge in [0.1, 0.15) is 0 Å². The van der Waals surface area contributed by atoms with Gasteiger partial charge < -0.3 is 5.32 Å². The molecule has 0 bridgehead atoms. The Labute approximate surface area is 104 Å². The number of alkyl halides is 1. The third-order valence-electron chi connectivity index (χ3n) is 3.69. The minimum atomic E-state index is 0.119. The molecule has 94 valence electrons. The van der Waals surface area contributed by atoms with Crippen molar-refractivity contribution in [3.05, 3.63) is 0 Å². The standard InChI is InChI=1S/C13H24ClNO/c1-9(2)12(8-14)15-13(16)11-6-4-10(3)5-7-11/h9-12H,4-8H2,1-3H3,(H,15,16). The number of hydrogen-bond donors (Lipinski definition) is 1. The minimum Gasteiger partial charge on any atom is -0.352 e. The van der Waals surface area contributed by atoms with Crippen LogP contribution in [0.15, 0.2) is 0 Å². The maximum absolute atomic E-state index is 12.0. The van der Waals surface area contributed by atoms with Crippen molar-refractivity contribution in [2.45, 2.75) is 52.5 Å². The molecule has 1 aliphatic rings. The van der Waals surface area contributed by atoms with Crippen LogP contribution in [0.25, 0.3) is 0 Å². The number of hydrogen-bond acceptors (Lipinski definition) is 1. The van der Waals surface area contributed by atoms with Gasteiger partial charge in [0.15, 0.2) is 0 Å². The average Bonchev–Trinajstić information content (AvgIpc) is 2.26. The van der Waals surface area contributed by atoms with Crippen molar-refractivity contribution in [1.29, 1.82) is 0 Å². The maximum atomic E-state index is 12.0. The van der Waals surface area contributed by atoms with Crippen molar-refractivity contribution >= 4 is 17.5 Å². The zero-order chi connectivity index (χ0) is 12.1. The lowest BCUT2D eigenvalue weighted by atomic mass is 9.82. The van der Waals surface area contributed by atoms with Gasteiger partial charge >= 0.3 is 0 Å². The van der Waals surface area contributed by atoms with E-state index in [2.05, 4.69) is 26.1 Å². The summed E-state index contributed by atoms with van der Waals surface area (Å²) in [5, 5.41) is 3.08. The summed E-state index contributed by atoms with van der Waals surface area (Å²) in [7, 11) is 0. The number of rotatable bonds is 4. The van der Waals surface area contributed by atoms with E-state index in [0.29, 0.717) is 11.8 Å². The lowest BCUT2D eigenvalue weighted by Gasteiger charge is -2.28. The van der Waals surface area contributed by atoms with Crippen LogP contribution >= 0.6 is 11.6 Å². The number of amides is 1. The predicted octanol–water partition coefficient (Wildman–Crippen LogP) is 3.19. The molecular weight excluding hydrogens is 222 g/mol. The summed E-state index contributed by atoms with van der Waals surface area (Å²) in [5.41, 5.74) is 0. The summed E-state index contributed by atoms with van der Waals surface area (Å²) in [5.74, 6) is 2.14. The Balaban J connectivity index is 2.39. The van der Waals surface area contributed by atoms with E-state index in [1.165, 1.54) is 12.8 Å². The molecule has 0 spiro atoms. The summed E-state index contributed by atoms with van der Waals surface area (Å²) in [6.07, 6.45) is 4.46. The van der Waals surface area contributed by atoms with Crippen molar-refractivity contribution < 1.29 is 4.79 Å². The second kappa shape index (κ2) is 6.48. The zero-order valence-electron chi connectivity index (χ0n) is 10.6. The summed E-state index contributed by atoms with van der Waals surface area (Å²) in [4.78, 5) is 12.0. The highest BCUT2D eigenvalue weighted by Gasteiger charge is 2.26. The molecule has 0 heterocycles. The molecule has 0 aromatic heterocycles. The van der Waals surface area contributed by atoms with Crippen LogP contribution < -0.4 is 5.32 Å². The van der Waals surface area contributed by atoms with Gasteiger partial charge in [-0.05, 0) is 37.5 Å². The first kappa shape index (κ1) is 13.8. The van der Waals surface area contributed by atoms with Crippen LogP contribution in [0.1, 0.15) is 46.5 Å². The highest BCUT2D eigenvalue weighted by Crippen LogP contribution is 2.28. The van der Waals surface area contributed by atoms with E-state index in [1.807, 2.05) is 0 Å². The van der Waals surface area contributed by atoms with Crippen LogP contribution in [0.2, 0.25) is 0 Å². The molecule has 0 aromatic carbocycles. The van der Waals surface area contributed by atoms with Gasteiger partial charge in [-0.25, -0.2) is 0 Å². The second-order valence-electron chi connectivity index (χ2n) is 5.47. The van der Waals surface area contributed by atoms with Crippen LogP contribution in [0.5, 0.6) is 0 Å². The van der Waals surface area contributed by atoms with Gasteiger partial charge in [0.25, 0.3) is 0 Å². The van der Waals surface area contributed by atoms with Crippen LogP contribution in [0, 0.1) is 17.8 Å². The van der Waals surface area contributed by atoms with Crippen LogP contribution in [-0.2, 0) is 4.79 Å². The van der Waals surface area contributed by atoms with Gasteiger partial charge in [-0.15, -0.1) is 11.6 Å². The molecule has 1 rings (SSSR count). The molecule has 3 heteroatoms. The molecule has 1 fully saturated rings. The van der Waals surface area contributed by atoms with Gasteiger partial charge in [-0.2, -0.15) is 0 Å². The fourth-order valence-electron chi connectivity index (χ4n) is 2.21. The van der Waals surface area contributed by atoms with Crippen LogP contribution in [0.3, 0.4) is 0 Å². The highest BCUT2D eigenvalue weighted by molar-refractivity contribution is 6.18.